The molecule has 2 unspecified atom stereocenters. The highest BCUT2D eigenvalue weighted by atomic mass is 31.1. The van der Waals surface area contributed by atoms with Crippen molar-refractivity contribution in [2.75, 3.05) is 0 Å². The topological polar surface area (TPSA) is 26.3 Å². The third-order valence-electron chi connectivity index (χ3n) is 4.44. The van der Waals surface area contributed by atoms with Crippen LogP contribution in [-0.2, 0) is 4.57 Å². The molecule has 3 heteroatoms. The highest BCUT2D eigenvalue weighted by Gasteiger charge is 2.23. The molecule has 2 nitrogen and oxygen atoms in total. The number of hydrogen-bond acceptors (Lipinski definition) is 2. The smallest absolute Gasteiger partial charge is 0.266 e. The highest BCUT2D eigenvalue weighted by Crippen LogP contribution is 2.43. The number of para-hydroxylation sites is 1. The van der Waals surface area contributed by atoms with E-state index in [4.69, 9.17) is 4.52 Å². The van der Waals surface area contributed by atoms with Gasteiger partial charge in [-0.2, -0.15) is 0 Å². The summed E-state index contributed by atoms with van der Waals surface area (Å²) in [6, 6.07) is 24.4. The molecule has 23 heavy (non-hydrogen) atoms. The third kappa shape index (κ3) is 2.50. The van der Waals surface area contributed by atoms with E-state index in [2.05, 4.69) is 31.2 Å². The van der Waals surface area contributed by atoms with Gasteiger partial charge in [-0.15, -0.1) is 0 Å². The summed E-state index contributed by atoms with van der Waals surface area (Å²) in [6.45, 7) is 2.17. The van der Waals surface area contributed by atoms with Crippen molar-refractivity contribution in [2.24, 2.45) is 0 Å². The predicted octanol–water partition coefficient (Wildman–Crippen LogP) is 5.00. The molecule has 3 aromatic carbocycles. The molecule has 0 aliphatic carbocycles. The lowest BCUT2D eigenvalue weighted by Crippen LogP contribution is -2.12. The fourth-order valence-electron chi connectivity index (χ4n) is 3.10. The fraction of sp³-hybridized carbons (Fsp3) is 0.100. The van der Waals surface area contributed by atoms with Crippen LogP contribution < -0.4 is 9.83 Å². The molecule has 4 rings (SSSR count). The number of hydrogen-bond donors (Lipinski definition) is 0. The Labute approximate surface area is 136 Å². The van der Waals surface area contributed by atoms with Crippen LogP contribution in [0.4, 0.5) is 0 Å². The van der Waals surface area contributed by atoms with Gasteiger partial charge in [-0.25, -0.2) is 0 Å². The van der Waals surface area contributed by atoms with Crippen molar-refractivity contribution < 1.29 is 9.09 Å². The van der Waals surface area contributed by atoms with Crippen LogP contribution >= 0.6 is 8.03 Å². The van der Waals surface area contributed by atoms with Crippen molar-refractivity contribution in [3.63, 3.8) is 0 Å². The van der Waals surface area contributed by atoms with E-state index in [9.17, 15) is 4.57 Å². The van der Waals surface area contributed by atoms with Gasteiger partial charge in [0.15, 0.2) is 0 Å². The molecule has 0 amide bonds. The van der Waals surface area contributed by atoms with Crippen LogP contribution in [0.5, 0.6) is 5.75 Å². The highest BCUT2D eigenvalue weighted by molar-refractivity contribution is 7.49. The number of rotatable bonds is 2. The Hall–Kier alpha value is -2.31. The lowest BCUT2D eigenvalue weighted by molar-refractivity contribution is 0.513. The van der Waals surface area contributed by atoms with Gasteiger partial charge in [0.05, 0.1) is 5.30 Å². The van der Waals surface area contributed by atoms with E-state index in [-0.39, 0.29) is 5.92 Å². The van der Waals surface area contributed by atoms with Crippen molar-refractivity contribution in [2.45, 2.75) is 12.8 Å². The maximum Gasteiger partial charge on any atom is 0.266 e. The maximum absolute atomic E-state index is 12.5. The first-order valence-corrected chi connectivity index (χ1v) is 9.06. The van der Waals surface area contributed by atoms with Crippen molar-refractivity contribution in [3.8, 4) is 16.9 Å². The standard InChI is InChI=1S/C20H17O2P/c1-14(15-7-3-2-4-8-15)16-11-12-18-17-9-5-6-10-19(17)22-23(21)20(18)13-16/h2-14,23H,1H3. The molecule has 114 valence electrons. The largest absolute Gasteiger partial charge is 0.441 e. The molecule has 0 fully saturated rings. The van der Waals surface area contributed by atoms with E-state index >= 15 is 0 Å². The second-order valence-corrected chi connectivity index (χ2v) is 7.14. The summed E-state index contributed by atoms with van der Waals surface area (Å²) < 4.78 is 18.2. The Bertz CT molecular complexity index is 887. The molecule has 0 aromatic heterocycles. The molecule has 3 aromatic rings. The van der Waals surface area contributed by atoms with Gasteiger partial charge in [-0.1, -0.05) is 67.6 Å². The summed E-state index contributed by atoms with van der Waals surface area (Å²) in [4.78, 5) is 0. The molecule has 0 spiro atoms. The summed E-state index contributed by atoms with van der Waals surface area (Å²) in [5.74, 6) is 0.973. The second kappa shape index (κ2) is 5.72. The van der Waals surface area contributed by atoms with Crippen LogP contribution in [0.3, 0.4) is 0 Å². The Morgan fingerprint density at radius 1 is 0.826 bits per heavy atom. The first-order chi connectivity index (χ1) is 11.2. The van der Waals surface area contributed by atoms with Crippen molar-refractivity contribution >= 4 is 13.3 Å². The number of benzene rings is 3. The van der Waals surface area contributed by atoms with Gasteiger partial charge in [0.25, 0.3) is 8.03 Å². The zero-order valence-electron chi connectivity index (χ0n) is 12.8. The molecule has 0 bridgehead atoms. The van der Waals surface area contributed by atoms with Gasteiger partial charge in [-0.05, 0) is 28.8 Å². The normalized spacial score (nSPS) is 16.8. The molecular formula is C20H17O2P. The Morgan fingerprint density at radius 2 is 1.57 bits per heavy atom. The molecule has 2 atom stereocenters. The molecular weight excluding hydrogens is 303 g/mol. The molecule has 1 aliphatic rings. The van der Waals surface area contributed by atoms with Crippen molar-refractivity contribution in [3.05, 3.63) is 83.9 Å². The average Bonchev–Trinajstić information content (AvgIpc) is 2.62. The minimum atomic E-state index is -2.25. The lowest BCUT2D eigenvalue weighted by Gasteiger charge is -2.22. The van der Waals surface area contributed by atoms with Crippen LogP contribution in [0.15, 0.2) is 72.8 Å². The van der Waals surface area contributed by atoms with Crippen molar-refractivity contribution in [1.29, 1.82) is 0 Å². The lowest BCUT2D eigenvalue weighted by atomic mass is 9.91. The second-order valence-electron chi connectivity index (χ2n) is 5.82. The first-order valence-electron chi connectivity index (χ1n) is 7.74. The van der Waals surface area contributed by atoms with Crippen LogP contribution in [-0.4, -0.2) is 0 Å². The van der Waals surface area contributed by atoms with E-state index in [1.54, 1.807) is 0 Å². The van der Waals surface area contributed by atoms with Gasteiger partial charge in [0, 0.05) is 11.5 Å². The Kier molecular flexibility index (Phi) is 3.55. The Balaban J connectivity index is 1.81. The summed E-state index contributed by atoms with van der Waals surface area (Å²) in [5, 5.41) is 0.828. The van der Waals surface area contributed by atoms with Crippen LogP contribution in [0, 0.1) is 0 Å². The zero-order chi connectivity index (χ0) is 15.8. The van der Waals surface area contributed by atoms with Gasteiger partial charge in [0.1, 0.15) is 5.75 Å². The zero-order valence-corrected chi connectivity index (χ0v) is 13.8. The SMILES string of the molecule is CC(c1ccccc1)c1ccc2c(c1)[PH](=O)Oc1ccccc1-2. The summed E-state index contributed by atoms with van der Waals surface area (Å²) in [5.41, 5.74) is 4.46. The Morgan fingerprint density at radius 3 is 2.39 bits per heavy atom. The molecule has 0 saturated heterocycles. The van der Waals surface area contributed by atoms with E-state index in [0.29, 0.717) is 5.75 Å². The van der Waals surface area contributed by atoms with Crippen LogP contribution in [0.25, 0.3) is 11.1 Å². The van der Waals surface area contributed by atoms with Gasteiger partial charge in [0.2, 0.25) is 0 Å². The van der Waals surface area contributed by atoms with E-state index in [1.165, 1.54) is 5.56 Å². The minimum absolute atomic E-state index is 0.258. The predicted molar refractivity (Wildman–Crippen MR) is 95.1 cm³/mol. The fourth-order valence-corrected chi connectivity index (χ4v) is 4.31. The van der Waals surface area contributed by atoms with E-state index < -0.39 is 8.03 Å². The molecule has 1 heterocycles. The van der Waals surface area contributed by atoms with Gasteiger partial charge < -0.3 is 4.52 Å². The summed E-state index contributed by atoms with van der Waals surface area (Å²) >= 11 is 0. The maximum atomic E-state index is 12.5. The quantitative estimate of drug-likeness (QED) is 0.621. The van der Waals surface area contributed by atoms with E-state index in [1.807, 2.05) is 48.5 Å². The summed E-state index contributed by atoms with van der Waals surface area (Å²) in [6.07, 6.45) is 0. The number of fused-ring (bicyclic) bond motifs is 3. The monoisotopic (exact) mass is 320 g/mol. The van der Waals surface area contributed by atoms with E-state index in [0.717, 1.165) is 22.0 Å². The first kappa shape index (κ1) is 14.3. The van der Waals surface area contributed by atoms with Gasteiger partial charge >= 0.3 is 0 Å². The molecule has 1 aliphatic heterocycles. The van der Waals surface area contributed by atoms with Crippen LogP contribution in [0.1, 0.15) is 24.0 Å². The third-order valence-corrected chi connectivity index (χ3v) is 5.70. The molecule has 0 radical (unpaired) electrons. The van der Waals surface area contributed by atoms with Gasteiger partial charge in [-0.3, -0.25) is 4.57 Å². The summed E-state index contributed by atoms with van der Waals surface area (Å²) in [7, 11) is -2.25. The molecule has 0 saturated carbocycles. The van der Waals surface area contributed by atoms with Crippen molar-refractivity contribution in [1.82, 2.24) is 0 Å². The average molecular weight is 320 g/mol. The molecule has 0 N–H and O–H groups in total. The minimum Gasteiger partial charge on any atom is -0.441 e. The van der Waals surface area contributed by atoms with Crippen LogP contribution in [0.2, 0.25) is 0 Å².